The van der Waals surface area contributed by atoms with Gasteiger partial charge in [0.1, 0.15) is 12.1 Å². The minimum Gasteiger partial charge on any atom is -0.347 e. The van der Waals surface area contributed by atoms with E-state index in [1.54, 1.807) is 29.2 Å². The van der Waals surface area contributed by atoms with Gasteiger partial charge in [0.25, 0.3) is 5.91 Å². The third-order valence-corrected chi connectivity index (χ3v) is 5.44. The summed E-state index contributed by atoms with van der Waals surface area (Å²) in [5.41, 5.74) is 1.44. The van der Waals surface area contributed by atoms with Gasteiger partial charge in [-0.3, -0.25) is 14.4 Å². The summed E-state index contributed by atoms with van der Waals surface area (Å²) in [4.78, 5) is 39.5. The molecule has 0 aromatic heterocycles. The van der Waals surface area contributed by atoms with Crippen LogP contribution < -0.4 is 10.6 Å². The Kier molecular flexibility index (Phi) is 5.05. The van der Waals surface area contributed by atoms with Crippen LogP contribution in [-0.4, -0.2) is 47.3 Å². The fraction of sp³-hybridized carbons (Fsp3) is 0.286. The van der Waals surface area contributed by atoms with Gasteiger partial charge < -0.3 is 15.5 Å². The van der Waals surface area contributed by atoms with E-state index in [-0.39, 0.29) is 23.8 Å². The SMILES string of the molecule is O=C(N[C@H]1C[C@H]2C(=O)N[C@H](Cc3ccccc3)C(=O)N2C1)c1cccc(Cl)c1. The van der Waals surface area contributed by atoms with Crippen LogP contribution in [0.3, 0.4) is 0 Å². The molecule has 144 valence electrons. The van der Waals surface area contributed by atoms with Crippen molar-refractivity contribution in [1.82, 2.24) is 15.5 Å². The molecule has 7 heteroatoms. The van der Waals surface area contributed by atoms with Gasteiger partial charge in [0, 0.05) is 29.6 Å². The van der Waals surface area contributed by atoms with Gasteiger partial charge in [0.05, 0.1) is 0 Å². The molecule has 2 heterocycles. The molecule has 2 aromatic rings. The van der Waals surface area contributed by atoms with E-state index >= 15 is 0 Å². The molecule has 0 radical (unpaired) electrons. The molecular weight excluding hydrogens is 378 g/mol. The van der Waals surface area contributed by atoms with Crippen LogP contribution in [0.4, 0.5) is 0 Å². The van der Waals surface area contributed by atoms with Crippen LogP contribution in [0, 0.1) is 0 Å². The Morgan fingerprint density at radius 3 is 2.68 bits per heavy atom. The Labute approximate surface area is 167 Å². The van der Waals surface area contributed by atoms with Crippen molar-refractivity contribution >= 4 is 29.3 Å². The van der Waals surface area contributed by atoms with Gasteiger partial charge in [0.15, 0.2) is 0 Å². The zero-order valence-corrected chi connectivity index (χ0v) is 15.9. The van der Waals surface area contributed by atoms with E-state index in [0.717, 1.165) is 5.56 Å². The van der Waals surface area contributed by atoms with Crippen LogP contribution >= 0.6 is 11.6 Å². The highest BCUT2D eigenvalue weighted by Crippen LogP contribution is 2.24. The third kappa shape index (κ3) is 3.73. The first kappa shape index (κ1) is 18.5. The summed E-state index contributed by atoms with van der Waals surface area (Å²) in [5.74, 6) is -0.533. The number of carbonyl (C=O) groups excluding carboxylic acids is 3. The molecule has 2 aromatic carbocycles. The Hall–Kier alpha value is -2.86. The molecule has 2 fully saturated rings. The lowest BCUT2D eigenvalue weighted by Gasteiger charge is -2.34. The maximum atomic E-state index is 12.9. The quantitative estimate of drug-likeness (QED) is 0.825. The van der Waals surface area contributed by atoms with Crippen LogP contribution in [0.1, 0.15) is 22.3 Å². The number of hydrogen-bond donors (Lipinski definition) is 2. The Morgan fingerprint density at radius 2 is 1.93 bits per heavy atom. The molecular formula is C21H20ClN3O3. The lowest BCUT2D eigenvalue weighted by Crippen LogP contribution is -2.61. The molecule has 2 N–H and O–H groups in total. The molecule has 0 unspecified atom stereocenters. The fourth-order valence-corrected chi connectivity index (χ4v) is 4.04. The number of halogens is 1. The number of amides is 3. The molecule has 2 aliphatic heterocycles. The highest BCUT2D eigenvalue weighted by molar-refractivity contribution is 6.30. The average Bonchev–Trinajstić information content (AvgIpc) is 3.11. The third-order valence-electron chi connectivity index (χ3n) is 5.21. The maximum Gasteiger partial charge on any atom is 0.251 e. The maximum absolute atomic E-state index is 12.9. The van der Waals surface area contributed by atoms with Gasteiger partial charge in [-0.25, -0.2) is 0 Å². The van der Waals surface area contributed by atoms with E-state index in [4.69, 9.17) is 11.6 Å². The van der Waals surface area contributed by atoms with Gasteiger partial charge in [-0.2, -0.15) is 0 Å². The van der Waals surface area contributed by atoms with E-state index < -0.39 is 12.1 Å². The van der Waals surface area contributed by atoms with Gasteiger partial charge in [-0.1, -0.05) is 48.0 Å². The summed E-state index contributed by atoms with van der Waals surface area (Å²) in [7, 11) is 0. The molecule has 2 aliphatic rings. The Bertz CT molecular complexity index is 918. The normalized spacial score (nSPS) is 23.9. The number of benzene rings is 2. The topological polar surface area (TPSA) is 78.5 Å². The molecule has 0 bridgehead atoms. The number of nitrogens with zero attached hydrogens (tertiary/aromatic N) is 1. The zero-order chi connectivity index (χ0) is 19.7. The van der Waals surface area contributed by atoms with Gasteiger partial charge in [-0.15, -0.1) is 0 Å². The fourth-order valence-electron chi connectivity index (χ4n) is 3.85. The van der Waals surface area contributed by atoms with Gasteiger partial charge in [-0.05, 0) is 30.2 Å². The van der Waals surface area contributed by atoms with Gasteiger partial charge in [0.2, 0.25) is 11.8 Å². The van der Waals surface area contributed by atoms with Crippen LogP contribution in [-0.2, 0) is 16.0 Å². The lowest BCUT2D eigenvalue weighted by molar-refractivity contribution is -0.147. The number of carbonyl (C=O) groups is 3. The molecule has 0 spiro atoms. The van der Waals surface area contributed by atoms with Crippen LogP contribution in [0.5, 0.6) is 0 Å². The number of rotatable bonds is 4. The standard InChI is InChI=1S/C21H20ClN3O3/c22-15-8-4-7-14(10-15)19(26)23-16-11-18-20(27)24-17(21(28)25(18)12-16)9-13-5-2-1-3-6-13/h1-8,10,16-18H,9,11-12H2,(H,23,26)(H,24,27)/t16-,17+,18-/m0/s1. The lowest BCUT2D eigenvalue weighted by atomic mass is 10.0. The molecule has 3 amide bonds. The molecule has 6 nitrogen and oxygen atoms in total. The first-order chi connectivity index (χ1) is 13.5. The second-order valence-electron chi connectivity index (χ2n) is 7.17. The number of fused-ring (bicyclic) bond motifs is 1. The van der Waals surface area contributed by atoms with Crippen molar-refractivity contribution in [1.29, 1.82) is 0 Å². The second kappa shape index (κ2) is 7.64. The van der Waals surface area contributed by atoms with Crippen LogP contribution in [0.25, 0.3) is 0 Å². The van der Waals surface area contributed by atoms with Crippen molar-refractivity contribution in [3.05, 3.63) is 70.7 Å². The zero-order valence-electron chi connectivity index (χ0n) is 15.1. The van der Waals surface area contributed by atoms with Crippen molar-refractivity contribution in [2.45, 2.75) is 31.0 Å². The van der Waals surface area contributed by atoms with E-state index in [1.807, 2.05) is 30.3 Å². The summed E-state index contributed by atoms with van der Waals surface area (Å²) < 4.78 is 0. The predicted octanol–water partition coefficient (Wildman–Crippen LogP) is 1.78. The van der Waals surface area contributed by atoms with Crippen molar-refractivity contribution < 1.29 is 14.4 Å². The molecule has 2 saturated heterocycles. The summed E-state index contributed by atoms with van der Waals surface area (Å²) in [6.45, 7) is 0.328. The van der Waals surface area contributed by atoms with E-state index in [2.05, 4.69) is 10.6 Å². The predicted molar refractivity (Wildman–Crippen MR) is 105 cm³/mol. The summed E-state index contributed by atoms with van der Waals surface area (Å²) in [6, 6.07) is 14.9. The van der Waals surface area contributed by atoms with Crippen molar-refractivity contribution in [2.24, 2.45) is 0 Å². The van der Waals surface area contributed by atoms with Crippen LogP contribution in [0.2, 0.25) is 5.02 Å². The molecule has 0 saturated carbocycles. The first-order valence-electron chi connectivity index (χ1n) is 9.22. The highest BCUT2D eigenvalue weighted by Gasteiger charge is 2.46. The Balaban J connectivity index is 1.43. The second-order valence-corrected chi connectivity index (χ2v) is 7.61. The Morgan fingerprint density at radius 1 is 1.14 bits per heavy atom. The number of hydrogen-bond acceptors (Lipinski definition) is 3. The molecule has 0 aliphatic carbocycles. The number of nitrogens with one attached hydrogen (secondary N) is 2. The summed E-state index contributed by atoms with van der Waals surface area (Å²) in [6.07, 6.45) is 0.857. The largest absolute Gasteiger partial charge is 0.347 e. The van der Waals surface area contributed by atoms with Crippen molar-refractivity contribution in [2.75, 3.05) is 6.54 Å². The van der Waals surface area contributed by atoms with E-state index in [1.165, 1.54) is 0 Å². The van der Waals surface area contributed by atoms with Crippen molar-refractivity contribution in [3.63, 3.8) is 0 Å². The summed E-state index contributed by atoms with van der Waals surface area (Å²) >= 11 is 5.94. The average molecular weight is 398 g/mol. The monoisotopic (exact) mass is 397 g/mol. The minimum atomic E-state index is -0.575. The summed E-state index contributed by atoms with van der Waals surface area (Å²) in [5, 5.41) is 6.23. The number of piperazine rings is 1. The van der Waals surface area contributed by atoms with Gasteiger partial charge >= 0.3 is 0 Å². The van der Waals surface area contributed by atoms with Crippen molar-refractivity contribution in [3.8, 4) is 0 Å². The smallest absolute Gasteiger partial charge is 0.251 e. The first-order valence-corrected chi connectivity index (χ1v) is 9.60. The van der Waals surface area contributed by atoms with E-state index in [0.29, 0.717) is 30.0 Å². The molecule has 4 rings (SSSR count). The highest BCUT2D eigenvalue weighted by atomic mass is 35.5. The minimum absolute atomic E-state index is 0.104. The van der Waals surface area contributed by atoms with E-state index in [9.17, 15) is 14.4 Å². The van der Waals surface area contributed by atoms with Crippen LogP contribution in [0.15, 0.2) is 54.6 Å². The molecule has 28 heavy (non-hydrogen) atoms. The molecule has 3 atom stereocenters.